The smallest absolute Gasteiger partial charge is 0.161 e. The van der Waals surface area contributed by atoms with Crippen LogP contribution in [0.2, 0.25) is 0 Å². The standard InChI is InChI=1S/C25H27NO6/c1-15-3-5-17(26-9-7-15)8-10-31-24-11-16(4-6-22(24)30-2)25-21(29)14-19-20(28)12-18(27)13-23(19)32-25/h3-7,11-13,21,25,27-29H,8-10,14H2,1-2H3. The summed E-state index contributed by atoms with van der Waals surface area (Å²) in [4.78, 5) is 4.53. The van der Waals surface area contributed by atoms with Crippen molar-refractivity contribution in [2.24, 2.45) is 4.99 Å². The van der Waals surface area contributed by atoms with Gasteiger partial charge in [-0.05, 0) is 30.7 Å². The number of hydrogen-bond donors (Lipinski definition) is 3. The number of aliphatic hydroxyl groups excluding tert-OH is 1. The molecule has 0 fully saturated rings. The van der Waals surface area contributed by atoms with Gasteiger partial charge in [0, 0.05) is 36.2 Å². The average molecular weight is 437 g/mol. The van der Waals surface area contributed by atoms with E-state index in [2.05, 4.69) is 11.1 Å². The van der Waals surface area contributed by atoms with Gasteiger partial charge in [0.2, 0.25) is 0 Å². The van der Waals surface area contributed by atoms with E-state index in [1.807, 2.05) is 19.1 Å². The van der Waals surface area contributed by atoms with E-state index >= 15 is 0 Å². The topological polar surface area (TPSA) is 101 Å². The molecule has 32 heavy (non-hydrogen) atoms. The lowest BCUT2D eigenvalue weighted by Gasteiger charge is -2.31. The van der Waals surface area contributed by atoms with Gasteiger partial charge in [-0.25, -0.2) is 0 Å². The van der Waals surface area contributed by atoms with E-state index in [1.165, 1.54) is 17.7 Å². The molecule has 7 heteroatoms. The lowest BCUT2D eigenvalue weighted by Crippen LogP contribution is -2.30. The maximum Gasteiger partial charge on any atom is 0.161 e. The number of benzene rings is 2. The van der Waals surface area contributed by atoms with Crippen LogP contribution in [0.3, 0.4) is 0 Å². The van der Waals surface area contributed by atoms with E-state index in [9.17, 15) is 15.3 Å². The van der Waals surface area contributed by atoms with E-state index in [0.717, 1.165) is 5.71 Å². The normalized spacial score (nSPS) is 19.8. The zero-order valence-corrected chi connectivity index (χ0v) is 18.1. The van der Waals surface area contributed by atoms with Crippen molar-refractivity contribution in [3.63, 3.8) is 0 Å². The van der Waals surface area contributed by atoms with Crippen LogP contribution in [-0.2, 0) is 6.42 Å². The van der Waals surface area contributed by atoms with Gasteiger partial charge in [-0.2, -0.15) is 0 Å². The van der Waals surface area contributed by atoms with Gasteiger partial charge < -0.3 is 29.5 Å². The van der Waals surface area contributed by atoms with E-state index < -0.39 is 12.2 Å². The SMILES string of the molecule is COc1ccc(C2Oc3cc(O)cc(O)c3CC2O)cc1OCCC1=NCC=C(C)C=C1. The zero-order chi connectivity index (χ0) is 22.7. The number of phenolic OH excluding ortho intramolecular Hbond substituents is 2. The Balaban J connectivity index is 1.50. The van der Waals surface area contributed by atoms with Gasteiger partial charge in [-0.1, -0.05) is 23.8 Å². The molecule has 2 aromatic carbocycles. The third kappa shape index (κ3) is 4.73. The van der Waals surface area contributed by atoms with Gasteiger partial charge in [0.15, 0.2) is 11.5 Å². The molecule has 2 aromatic rings. The van der Waals surface area contributed by atoms with E-state index in [4.69, 9.17) is 14.2 Å². The Bertz CT molecular complexity index is 1090. The Labute approximate surface area is 186 Å². The summed E-state index contributed by atoms with van der Waals surface area (Å²) < 4.78 is 17.4. The fourth-order valence-electron chi connectivity index (χ4n) is 3.81. The molecule has 0 radical (unpaired) electrons. The van der Waals surface area contributed by atoms with Crippen molar-refractivity contribution in [2.75, 3.05) is 20.3 Å². The summed E-state index contributed by atoms with van der Waals surface area (Å²) in [6, 6.07) is 8.04. The van der Waals surface area contributed by atoms with Gasteiger partial charge in [0.25, 0.3) is 0 Å². The summed E-state index contributed by atoms with van der Waals surface area (Å²) in [6.07, 6.45) is 5.42. The summed E-state index contributed by atoms with van der Waals surface area (Å²) in [6.45, 7) is 3.13. The molecule has 2 aliphatic heterocycles. The predicted octanol–water partition coefficient (Wildman–Crippen LogP) is 3.87. The third-order valence-corrected chi connectivity index (χ3v) is 5.57. The van der Waals surface area contributed by atoms with Gasteiger partial charge in [-0.15, -0.1) is 0 Å². The van der Waals surface area contributed by atoms with Crippen LogP contribution in [0.1, 0.15) is 30.6 Å². The first-order chi connectivity index (χ1) is 15.4. The van der Waals surface area contributed by atoms with Crippen molar-refractivity contribution in [1.82, 2.24) is 0 Å². The minimum Gasteiger partial charge on any atom is -0.508 e. The highest BCUT2D eigenvalue weighted by molar-refractivity contribution is 5.95. The third-order valence-electron chi connectivity index (χ3n) is 5.57. The first-order valence-corrected chi connectivity index (χ1v) is 10.5. The average Bonchev–Trinajstić information content (AvgIpc) is 2.98. The van der Waals surface area contributed by atoms with Crippen molar-refractivity contribution in [3.05, 3.63) is 65.3 Å². The second kappa shape index (κ2) is 9.36. The second-order valence-electron chi connectivity index (χ2n) is 7.87. The lowest BCUT2D eigenvalue weighted by atomic mass is 9.94. The summed E-state index contributed by atoms with van der Waals surface area (Å²) in [5, 5.41) is 30.5. The minimum absolute atomic E-state index is 0.0999. The first-order valence-electron chi connectivity index (χ1n) is 10.5. The van der Waals surface area contributed by atoms with Crippen molar-refractivity contribution in [3.8, 4) is 28.7 Å². The lowest BCUT2D eigenvalue weighted by molar-refractivity contribution is 0.0196. The van der Waals surface area contributed by atoms with Crippen LogP contribution in [-0.4, -0.2) is 47.4 Å². The molecule has 0 spiro atoms. The summed E-state index contributed by atoms with van der Waals surface area (Å²) in [5.41, 5.74) is 3.33. The molecule has 0 saturated heterocycles. The molecule has 0 saturated carbocycles. The Morgan fingerprint density at radius 3 is 2.78 bits per heavy atom. The predicted molar refractivity (Wildman–Crippen MR) is 121 cm³/mol. The Morgan fingerprint density at radius 2 is 1.97 bits per heavy atom. The van der Waals surface area contributed by atoms with E-state index in [0.29, 0.717) is 47.9 Å². The summed E-state index contributed by atoms with van der Waals surface area (Å²) in [5.74, 6) is 1.26. The van der Waals surface area contributed by atoms with Crippen LogP contribution >= 0.6 is 0 Å². The molecule has 4 rings (SSSR count). The molecule has 2 atom stereocenters. The number of nitrogens with zero attached hydrogens (tertiary/aromatic N) is 1. The number of allylic oxidation sites excluding steroid dienone is 3. The number of fused-ring (bicyclic) bond motifs is 1. The molecular weight excluding hydrogens is 410 g/mol. The number of ether oxygens (including phenoxy) is 3. The largest absolute Gasteiger partial charge is 0.508 e. The minimum atomic E-state index is -0.875. The maximum absolute atomic E-state index is 10.7. The molecule has 0 aromatic heterocycles. The Hall–Kier alpha value is -3.45. The number of aromatic hydroxyl groups is 2. The van der Waals surface area contributed by atoms with Gasteiger partial charge in [0.05, 0.1) is 26.4 Å². The number of hydrogen-bond acceptors (Lipinski definition) is 7. The monoisotopic (exact) mass is 437 g/mol. The Morgan fingerprint density at radius 1 is 1.12 bits per heavy atom. The van der Waals surface area contributed by atoms with Crippen LogP contribution < -0.4 is 14.2 Å². The highest BCUT2D eigenvalue weighted by Gasteiger charge is 2.32. The van der Waals surface area contributed by atoms with Crippen LogP contribution in [0, 0.1) is 0 Å². The first kappa shape index (κ1) is 21.8. The van der Waals surface area contributed by atoms with Crippen molar-refractivity contribution < 1.29 is 29.5 Å². The van der Waals surface area contributed by atoms with E-state index in [1.54, 1.807) is 25.3 Å². The van der Waals surface area contributed by atoms with Gasteiger partial charge >= 0.3 is 0 Å². The van der Waals surface area contributed by atoms with E-state index in [-0.39, 0.29) is 17.9 Å². The fraction of sp³-hybridized carbons (Fsp3) is 0.320. The van der Waals surface area contributed by atoms with Gasteiger partial charge in [0.1, 0.15) is 23.4 Å². The summed E-state index contributed by atoms with van der Waals surface area (Å²) >= 11 is 0. The summed E-state index contributed by atoms with van der Waals surface area (Å²) in [7, 11) is 1.57. The van der Waals surface area contributed by atoms with Crippen molar-refractivity contribution >= 4 is 5.71 Å². The zero-order valence-electron chi connectivity index (χ0n) is 18.1. The molecular formula is C25H27NO6. The van der Waals surface area contributed by atoms with Crippen LogP contribution in [0.5, 0.6) is 28.7 Å². The maximum atomic E-state index is 10.7. The molecule has 0 amide bonds. The molecule has 2 heterocycles. The van der Waals surface area contributed by atoms with Crippen molar-refractivity contribution in [2.45, 2.75) is 32.0 Å². The van der Waals surface area contributed by atoms with Crippen LogP contribution in [0.25, 0.3) is 0 Å². The molecule has 3 N–H and O–H groups in total. The fourth-order valence-corrected chi connectivity index (χ4v) is 3.81. The number of aliphatic imine (C=N–C) groups is 1. The highest BCUT2D eigenvalue weighted by Crippen LogP contribution is 2.43. The molecule has 168 valence electrons. The number of methoxy groups -OCH3 is 1. The Kier molecular flexibility index (Phi) is 6.37. The molecule has 0 bridgehead atoms. The number of aliphatic hydroxyl groups is 1. The molecule has 2 unspecified atom stereocenters. The number of phenols is 2. The van der Waals surface area contributed by atoms with Gasteiger partial charge in [-0.3, -0.25) is 4.99 Å². The molecule has 2 aliphatic rings. The second-order valence-corrected chi connectivity index (χ2v) is 7.87. The van der Waals surface area contributed by atoms with Crippen LogP contribution in [0.4, 0.5) is 0 Å². The van der Waals surface area contributed by atoms with Crippen molar-refractivity contribution in [1.29, 1.82) is 0 Å². The molecule has 7 nitrogen and oxygen atoms in total. The number of rotatable bonds is 6. The van der Waals surface area contributed by atoms with Crippen LogP contribution in [0.15, 0.2) is 59.1 Å². The quantitative estimate of drug-likeness (QED) is 0.634. The molecule has 0 aliphatic carbocycles. The highest BCUT2D eigenvalue weighted by atomic mass is 16.5.